The van der Waals surface area contributed by atoms with Crippen molar-refractivity contribution < 1.29 is 4.79 Å². The Kier molecular flexibility index (Phi) is 5.22. The summed E-state index contributed by atoms with van der Waals surface area (Å²) >= 11 is 3.45. The fourth-order valence-electron chi connectivity index (χ4n) is 3.62. The zero-order valence-electron chi connectivity index (χ0n) is 16.1. The highest BCUT2D eigenvalue weighted by atomic mass is 79.9. The van der Waals surface area contributed by atoms with E-state index in [1.807, 2.05) is 40.8 Å². The zero-order chi connectivity index (χ0) is 19.7. The number of anilines is 1. The second kappa shape index (κ2) is 7.80. The third kappa shape index (κ3) is 3.69. The van der Waals surface area contributed by atoms with Gasteiger partial charge in [-0.2, -0.15) is 5.10 Å². The Bertz CT molecular complexity index is 988. The predicted molar refractivity (Wildman–Crippen MR) is 115 cm³/mol. The summed E-state index contributed by atoms with van der Waals surface area (Å²) in [4.78, 5) is 17.3. The van der Waals surface area contributed by atoms with Crippen LogP contribution in [0.1, 0.15) is 21.6 Å². The van der Waals surface area contributed by atoms with Gasteiger partial charge in [0.05, 0.1) is 23.1 Å². The molecule has 1 aliphatic rings. The van der Waals surface area contributed by atoms with Gasteiger partial charge in [-0.25, -0.2) is 4.68 Å². The van der Waals surface area contributed by atoms with Crippen molar-refractivity contribution in [3.8, 4) is 5.69 Å². The summed E-state index contributed by atoms with van der Waals surface area (Å²) in [7, 11) is 0. The summed E-state index contributed by atoms with van der Waals surface area (Å²) in [5, 5.41) is 4.45. The van der Waals surface area contributed by atoms with E-state index >= 15 is 0 Å². The average Bonchev–Trinajstić information content (AvgIpc) is 3.09. The molecule has 0 spiro atoms. The lowest BCUT2D eigenvalue weighted by atomic mass is 10.1. The molecule has 0 radical (unpaired) electrons. The second-order valence-corrected chi connectivity index (χ2v) is 8.07. The Labute approximate surface area is 173 Å². The molecule has 2 heterocycles. The number of hydrogen-bond donors (Lipinski definition) is 0. The first kappa shape index (κ1) is 18.7. The Morgan fingerprint density at radius 2 is 1.68 bits per heavy atom. The van der Waals surface area contributed by atoms with Gasteiger partial charge in [-0.05, 0) is 55.8 Å². The number of nitrogens with zero attached hydrogens (tertiary/aromatic N) is 4. The number of rotatable bonds is 3. The smallest absolute Gasteiger partial charge is 0.257 e. The maximum absolute atomic E-state index is 13.1. The molecule has 3 aromatic rings. The summed E-state index contributed by atoms with van der Waals surface area (Å²) in [6.45, 7) is 7.18. The van der Waals surface area contributed by atoms with E-state index in [1.165, 1.54) is 11.3 Å². The van der Waals surface area contributed by atoms with Crippen LogP contribution in [0.25, 0.3) is 5.69 Å². The summed E-state index contributed by atoms with van der Waals surface area (Å²) in [6, 6.07) is 16.4. The van der Waals surface area contributed by atoms with Crippen LogP contribution < -0.4 is 4.90 Å². The minimum absolute atomic E-state index is 0.0600. The third-order valence-corrected chi connectivity index (χ3v) is 5.77. The van der Waals surface area contributed by atoms with Crippen molar-refractivity contribution in [3.63, 3.8) is 0 Å². The lowest BCUT2D eigenvalue weighted by molar-refractivity contribution is 0.0746. The molecule has 0 saturated carbocycles. The van der Waals surface area contributed by atoms with E-state index in [1.54, 1.807) is 6.20 Å². The first-order chi connectivity index (χ1) is 13.5. The molecule has 0 bridgehead atoms. The Morgan fingerprint density at radius 1 is 0.964 bits per heavy atom. The molecule has 0 unspecified atom stereocenters. The van der Waals surface area contributed by atoms with Gasteiger partial charge in [-0.1, -0.05) is 28.1 Å². The Morgan fingerprint density at radius 3 is 2.36 bits per heavy atom. The number of amides is 1. The highest BCUT2D eigenvalue weighted by Gasteiger charge is 2.25. The van der Waals surface area contributed by atoms with E-state index in [0.29, 0.717) is 5.56 Å². The fraction of sp³-hybridized carbons (Fsp3) is 0.273. The van der Waals surface area contributed by atoms with E-state index < -0.39 is 0 Å². The molecule has 0 N–H and O–H groups in total. The molecular formula is C22H23BrN4O. The van der Waals surface area contributed by atoms with Gasteiger partial charge in [-0.3, -0.25) is 4.79 Å². The molecule has 1 saturated heterocycles. The first-order valence-electron chi connectivity index (χ1n) is 9.44. The quantitative estimate of drug-likeness (QED) is 0.614. The maximum Gasteiger partial charge on any atom is 0.257 e. The van der Waals surface area contributed by atoms with Gasteiger partial charge in [0.25, 0.3) is 5.91 Å². The minimum atomic E-state index is 0.0600. The van der Waals surface area contributed by atoms with Crippen LogP contribution in [-0.2, 0) is 0 Å². The van der Waals surface area contributed by atoms with E-state index in [0.717, 1.165) is 42.0 Å². The van der Waals surface area contributed by atoms with Crippen molar-refractivity contribution in [2.45, 2.75) is 13.8 Å². The lowest BCUT2D eigenvalue weighted by Crippen LogP contribution is -2.48. The fourth-order valence-corrected chi connectivity index (χ4v) is 3.89. The molecule has 144 valence electrons. The summed E-state index contributed by atoms with van der Waals surface area (Å²) in [5.41, 5.74) is 4.97. The van der Waals surface area contributed by atoms with E-state index in [4.69, 9.17) is 0 Å². The topological polar surface area (TPSA) is 41.4 Å². The van der Waals surface area contributed by atoms with Crippen molar-refractivity contribution in [1.82, 2.24) is 14.7 Å². The number of halogens is 1. The van der Waals surface area contributed by atoms with Gasteiger partial charge in [0, 0.05) is 36.3 Å². The van der Waals surface area contributed by atoms with Gasteiger partial charge in [0.2, 0.25) is 0 Å². The molecule has 0 atom stereocenters. The number of carbonyl (C=O) groups excluding carboxylic acids is 1. The average molecular weight is 439 g/mol. The van der Waals surface area contributed by atoms with E-state index in [9.17, 15) is 4.79 Å². The molecule has 1 aromatic heterocycles. The molecule has 2 aromatic carbocycles. The number of aryl methyl sites for hydroxylation is 1. The molecule has 1 fully saturated rings. The Hall–Kier alpha value is -2.60. The molecule has 28 heavy (non-hydrogen) atoms. The van der Waals surface area contributed by atoms with Crippen molar-refractivity contribution in [2.75, 3.05) is 31.1 Å². The van der Waals surface area contributed by atoms with Crippen molar-refractivity contribution in [1.29, 1.82) is 0 Å². The van der Waals surface area contributed by atoms with Crippen LogP contribution in [0, 0.1) is 13.8 Å². The van der Waals surface area contributed by atoms with Crippen LogP contribution in [-0.4, -0.2) is 46.8 Å². The molecule has 6 heteroatoms. The highest BCUT2D eigenvalue weighted by molar-refractivity contribution is 9.10. The van der Waals surface area contributed by atoms with Gasteiger partial charge in [-0.15, -0.1) is 0 Å². The van der Waals surface area contributed by atoms with Crippen LogP contribution in [0.4, 0.5) is 5.69 Å². The number of aromatic nitrogens is 2. The van der Waals surface area contributed by atoms with E-state index in [-0.39, 0.29) is 5.91 Å². The summed E-state index contributed by atoms with van der Waals surface area (Å²) < 4.78 is 2.84. The van der Waals surface area contributed by atoms with Gasteiger partial charge in [0.15, 0.2) is 0 Å². The predicted octanol–water partition coefficient (Wildman–Crippen LogP) is 4.21. The normalized spacial score (nSPS) is 14.4. The van der Waals surface area contributed by atoms with Gasteiger partial charge < -0.3 is 9.80 Å². The molecule has 1 aliphatic heterocycles. The van der Waals surface area contributed by atoms with Crippen LogP contribution in [0.15, 0.2) is 59.2 Å². The number of hydrogen-bond acceptors (Lipinski definition) is 3. The standard InChI is InChI=1S/C22H23BrN4O/c1-16-4-3-5-20(14-16)25-10-12-26(13-11-25)22(28)21-15-24-27(17(21)2)19-8-6-18(23)7-9-19/h3-9,14-15H,10-13H2,1-2H3. The largest absolute Gasteiger partial charge is 0.368 e. The van der Waals surface area contributed by atoms with Crippen LogP contribution in [0.2, 0.25) is 0 Å². The van der Waals surface area contributed by atoms with Crippen LogP contribution in [0.5, 0.6) is 0 Å². The number of benzene rings is 2. The van der Waals surface area contributed by atoms with E-state index in [2.05, 4.69) is 57.1 Å². The van der Waals surface area contributed by atoms with Gasteiger partial charge >= 0.3 is 0 Å². The lowest BCUT2D eigenvalue weighted by Gasteiger charge is -2.36. The highest BCUT2D eigenvalue weighted by Crippen LogP contribution is 2.21. The van der Waals surface area contributed by atoms with Gasteiger partial charge in [0.1, 0.15) is 0 Å². The summed E-state index contributed by atoms with van der Waals surface area (Å²) in [6.07, 6.45) is 1.69. The molecule has 5 nitrogen and oxygen atoms in total. The molecule has 4 rings (SSSR count). The summed E-state index contributed by atoms with van der Waals surface area (Å²) in [5.74, 6) is 0.0600. The molecule has 1 amide bonds. The van der Waals surface area contributed by atoms with Crippen molar-refractivity contribution in [2.24, 2.45) is 0 Å². The van der Waals surface area contributed by atoms with Crippen molar-refractivity contribution in [3.05, 3.63) is 76.0 Å². The maximum atomic E-state index is 13.1. The minimum Gasteiger partial charge on any atom is -0.368 e. The second-order valence-electron chi connectivity index (χ2n) is 7.15. The first-order valence-corrected chi connectivity index (χ1v) is 10.2. The molecular weight excluding hydrogens is 416 g/mol. The van der Waals surface area contributed by atoms with Crippen LogP contribution in [0.3, 0.4) is 0 Å². The number of piperazine rings is 1. The monoisotopic (exact) mass is 438 g/mol. The SMILES string of the molecule is Cc1cccc(N2CCN(C(=O)c3cnn(-c4ccc(Br)cc4)c3C)CC2)c1. The zero-order valence-corrected chi connectivity index (χ0v) is 17.7. The van der Waals surface area contributed by atoms with Crippen LogP contribution >= 0.6 is 15.9 Å². The number of carbonyl (C=O) groups is 1. The Balaban J connectivity index is 1.46. The van der Waals surface area contributed by atoms with Crippen molar-refractivity contribution >= 4 is 27.5 Å². The molecule has 0 aliphatic carbocycles. The third-order valence-electron chi connectivity index (χ3n) is 5.25.